The van der Waals surface area contributed by atoms with Crippen LogP contribution in [0.25, 0.3) is 0 Å². The minimum atomic E-state index is 0.193. The highest BCUT2D eigenvalue weighted by Crippen LogP contribution is 2.59. The van der Waals surface area contributed by atoms with Crippen molar-refractivity contribution >= 4 is 28.5 Å². The standard InChI is InChI=1S/C17H22INO2/c1-13(20)19-10-15(17(7-8-17)9-16(19)18)12-21-11-14-5-3-2-4-6-14/h2-6,15-16H,7-12H2,1H3/t15-,16+/m1/s1. The maximum atomic E-state index is 11.8. The van der Waals surface area contributed by atoms with Gasteiger partial charge in [-0.15, -0.1) is 0 Å². The van der Waals surface area contributed by atoms with E-state index in [4.69, 9.17) is 4.74 Å². The molecule has 1 amide bonds. The Kier molecular flexibility index (Phi) is 4.54. The summed E-state index contributed by atoms with van der Waals surface area (Å²) in [6.07, 6.45) is 3.74. The molecule has 1 heterocycles. The van der Waals surface area contributed by atoms with Crippen LogP contribution in [0.3, 0.4) is 0 Å². The van der Waals surface area contributed by atoms with Crippen LogP contribution in [0.1, 0.15) is 31.7 Å². The van der Waals surface area contributed by atoms with E-state index in [1.54, 1.807) is 6.92 Å². The fourth-order valence-electron chi connectivity index (χ4n) is 3.38. The van der Waals surface area contributed by atoms with E-state index in [2.05, 4.69) is 34.7 Å². The number of hydrogen-bond donors (Lipinski definition) is 0. The molecule has 1 aliphatic heterocycles. The first kappa shape index (κ1) is 15.3. The second-order valence-electron chi connectivity index (χ2n) is 6.37. The number of hydrogen-bond acceptors (Lipinski definition) is 2. The van der Waals surface area contributed by atoms with Gasteiger partial charge in [-0.3, -0.25) is 4.79 Å². The second kappa shape index (κ2) is 6.24. The second-order valence-corrected chi connectivity index (χ2v) is 7.81. The highest BCUT2D eigenvalue weighted by molar-refractivity contribution is 14.1. The molecule has 21 heavy (non-hydrogen) atoms. The molecule has 114 valence electrons. The Hall–Kier alpha value is -0.620. The van der Waals surface area contributed by atoms with Gasteiger partial charge in [0, 0.05) is 19.4 Å². The number of carbonyl (C=O) groups excluding carboxylic acids is 1. The van der Waals surface area contributed by atoms with Gasteiger partial charge >= 0.3 is 0 Å². The Morgan fingerprint density at radius 2 is 2.10 bits per heavy atom. The molecule has 3 rings (SSSR count). The molecule has 1 aromatic rings. The molecule has 0 unspecified atom stereocenters. The molecule has 1 aromatic carbocycles. The fraction of sp³-hybridized carbons (Fsp3) is 0.588. The average Bonchev–Trinajstić information content (AvgIpc) is 3.22. The number of carbonyl (C=O) groups is 1. The van der Waals surface area contributed by atoms with Gasteiger partial charge in [-0.05, 0) is 30.2 Å². The van der Waals surface area contributed by atoms with Crippen molar-refractivity contribution in [2.24, 2.45) is 11.3 Å². The highest BCUT2D eigenvalue weighted by atomic mass is 127. The quantitative estimate of drug-likeness (QED) is 0.440. The van der Waals surface area contributed by atoms with E-state index < -0.39 is 0 Å². The molecule has 0 bridgehead atoms. The lowest BCUT2D eigenvalue weighted by molar-refractivity contribution is -0.133. The van der Waals surface area contributed by atoms with Crippen LogP contribution in [-0.2, 0) is 16.1 Å². The van der Waals surface area contributed by atoms with E-state index in [9.17, 15) is 4.79 Å². The lowest BCUT2D eigenvalue weighted by Crippen LogP contribution is -2.49. The number of nitrogens with zero attached hydrogens (tertiary/aromatic N) is 1. The summed E-state index contributed by atoms with van der Waals surface area (Å²) in [5.41, 5.74) is 1.67. The van der Waals surface area contributed by atoms with Crippen LogP contribution in [0.15, 0.2) is 30.3 Å². The first-order valence-corrected chi connectivity index (χ1v) is 8.88. The number of halogens is 1. The van der Waals surface area contributed by atoms with Crippen LogP contribution >= 0.6 is 22.6 Å². The van der Waals surface area contributed by atoms with Crippen LogP contribution in [0.2, 0.25) is 0 Å². The summed E-state index contributed by atoms with van der Waals surface area (Å²) in [4.78, 5) is 13.8. The van der Waals surface area contributed by atoms with Gasteiger partial charge in [-0.25, -0.2) is 0 Å². The number of amides is 1. The third-order valence-corrected chi connectivity index (χ3v) is 6.04. The lowest BCUT2D eigenvalue weighted by atomic mass is 9.82. The number of rotatable bonds is 4. The third-order valence-electron chi connectivity index (χ3n) is 4.92. The molecule has 2 atom stereocenters. The van der Waals surface area contributed by atoms with Gasteiger partial charge in [0.1, 0.15) is 0 Å². The van der Waals surface area contributed by atoms with E-state index in [1.807, 2.05) is 23.1 Å². The van der Waals surface area contributed by atoms with Gasteiger partial charge in [-0.1, -0.05) is 52.9 Å². The Balaban J connectivity index is 1.57. The summed E-state index contributed by atoms with van der Waals surface area (Å²) in [5, 5.41) is 0. The van der Waals surface area contributed by atoms with Crippen molar-refractivity contribution in [3.63, 3.8) is 0 Å². The molecule has 0 N–H and O–H groups in total. The Morgan fingerprint density at radius 1 is 1.38 bits per heavy atom. The minimum absolute atomic E-state index is 0.193. The van der Waals surface area contributed by atoms with E-state index >= 15 is 0 Å². The number of alkyl halides is 1. The molecule has 0 radical (unpaired) electrons. The zero-order valence-corrected chi connectivity index (χ0v) is 14.6. The molecule has 1 saturated carbocycles. The smallest absolute Gasteiger partial charge is 0.220 e. The van der Waals surface area contributed by atoms with Crippen molar-refractivity contribution in [1.82, 2.24) is 4.90 Å². The van der Waals surface area contributed by atoms with E-state index in [1.165, 1.54) is 18.4 Å². The average molecular weight is 399 g/mol. The summed E-state index contributed by atoms with van der Waals surface area (Å²) in [7, 11) is 0. The van der Waals surface area contributed by atoms with Crippen LogP contribution in [-0.4, -0.2) is 28.0 Å². The van der Waals surface area contributed by atoms with Crippen LogP contribution < -0.4 is 0 Å². The molecule has 1 aliphatic carbocycles. The third kappa shape index (κ3) is 3.42. The summed E-state index contributed by atoms with van der Waals surface area (Å²) in [5.74, 6) is 0.689. The van der Waals surface area contributed by atoms with E-state index in [0.29, 0.717) is 22.0 Å². The number of piperidine rings is 1. The van der Waals surface area contributed by atoms with Crippen molar-refractivity contribution in [3.05, 3.63) is 35.9 Å². The predicted molar refractivity (Wildman–Crippen MR) is 91.1 cm³/mol. The summed E-state index contributed by atoms with van der Waals surface area (Å²) in [6, 6.07) is 10.3. The zero-order chi connectivity index (χ0) is 14.9. The maximum Gasteiger partial charge on any atom is 0.220 e. The normalized spacial score (nSPS) is 26.9. The first-order valence-electron chi connectivity index (χ1n) is 7.64. The minimum Gasteiger partial charge on any atom is -0.376 e. The molecule has 4 heteroatoms. The Labute approximate surface area is 140 Å². The van der Waals surface area contributed by atoms with Crippen LogP contribution in [0, 0.1) is 11.3 Å². The van der Waals surface area contributed by atoms with E-state index in [-0.39, 0.29) is 5.91 Å². The van der Waals surface area contributed by atoms with Gasteiger partial charge in [0.15, 0.2) is 0 Å². The zero-order valence-electron chi connectivity index (χ0n) is 12.4. The molecule has 2 fully saturated rings. The van der Waals surface area contributed by atoms with Crippen molar-refractivity contribution in [2.75, 3.05) is 13.2 Å². The Morgan fingerprint density at radius 3 is 2.71 bits per heavy atom. The summed E-state index contributed by atoms with van der Waals surface area (Å²) < 4.78 is 6.31. The number of likely N-dealkylation sites (tertiary alicyclic amines) is 1. The van der Waals surface area contributed by atoms with Gasteiger partial charge in [-0.2, -0.15) is 0 Å². The molecule has 0 aromatic heterocycles. The molecule has 1 spiro atoms. The van der Waals surface area contributed by atoms with Gasteiger partial charge in [0.25, 0.3) is 0 Å². The topological polar surface area (TPSA) is 29.5 Å². The van der Waals surface area contributed by atoms with Crippen molar-refractivity contribution in [3.8, 4) is 0 Å². The first-order chi connectivity index (χ1) is 10.1. The van der Waals surface area contributed by atoms with E-state index in [0.717, 1.165) is 19.6 Å². The molecule has 2 aliphatic rings. The molecular formula is C17H22INO2. The highest BCUT2D eigenvalue weighted by Gasteiger charge is 2.54. The van der Waals surface area contributed by atoms with Crippen LogP contribution in [0.4, 0.5) is 0 Å². The van der Waals surface area contributed by atoms with Gasteiger partial charge in [0.05, 0.1) is 17.3 Å². The number of benzene rings is 1. The van der Waals surface area contributed by atoms with Crippen LogP contribution in [0.5, 0.6) is 0 Å². The maximum absolute atomic E-state index is 11.8. The molecule has 1 saturated heterocycles. The Bertz CT molecular complexity index is 501. The fourth-order valence-corrected chi connectivity index (χ4v) is 4.88. The monoisotopic (exact) mass is 399 g/mol. The summed E-state index contributed by atoms with van der Waals surface area (Å²) in [6.45, 7) is 3.97. The van der Waals surface area contributed by atoms with Gasteiger partial charge in [0.2, 0.25) is 5.91 Å². The lowest BCUT2D eigenvalue weighted by Gasteiger charge is -2.42. The SMILES string of the molecule is CC(=O)N1C[C@H](COCc2ccccc2)C2(CC2)C[C@H]1I. The van der Waals surface area contributed by atoms with Gasteiger partial charge < -0.3 is 9.64 Å². The molecular weight excluding hydrogens is 377 g/mol. The summed E-state index contributed by atoms with van der Waals surface area (Å²) >= 11 is 2.42. The number of ether oxygens (including phenoxy) is 1. The predicted octanol–water partition coefficient (Wildman–Crippen LogP) is 3.61. The van der Waals surface area contributed by atoms with Crippen molar-refractivity contribution < 1.29 is 9.53 Å². The largest absolute Gasteiger partial charge is 0.376 e. The van der Waals surface area contributed by atoms with Crippen molar-refractivity contribution in [2.45, 2.75) is 36.8 Å². The van der Waals surface area contributed by atoms with Crippen molar-refractivity contribution in [1.29, 1.82) is 0 Å². The molecule has 3 nitrogen and oxygen atoms in total.